The second-order valence-corrected chi connectivity index (χ2v) is 9.01. The highest BCUT2D eigenvalue weighted by molar-refractivity contribution is 8.00. The number of rotatable bonds is 7. The number of aryl methyl sites for hydroxylation is 2. The maximum Gasteiger partial charge on any atom is 0.227 e. The van der Waals surface area contributed by atoms with Crippen LogP contribution in [0, 0.1) is 6.92 Å². The first-order valence-corrected chi connectivity index (χ1v) is 11.1. The van der Waals surface area contributed by atoms with E-state index in [2.05, 4.69) is 26.5 Å². The molecule has 0 bridgehead atoms. The minimum absolute atomic E-state index is 0.131. The summed E-state index contributed by atoms with van der Waals surface area (Å²) in [6.45, 7) is 1.91. The van der Waals surface area contributed by atoms with Gasteiger partial charge in [-0.3, -0.25) is 4.79 Å². The number of hydrogen-bond donors (Lipinski definition) is 1. The second-order valence-electron chi connectivity index (χ2n) is 6.35. The first kappa shape index (κ1) is 19.9. The van der Waals surface area contributed by atoms with Crippen LogP contribution in [-0.2, 0) is 17.0 Å². The van der Waals surface area contributed by atoms with Crippen LogP contribution in [0.4, 0.5) is 5.69 Å². The Morgan fingerprint density at radius 3 is 2.93 bits per heavy atom. The normalized spacial score (nSPS) is 11.1. The number of para-hydroxylation sites is 1. The Morgan fingerprint density at radius 2 is 2.10 bits per heavy atom. The highest BCUT2D eigenvalue weighted by atomic mass is 35.5. The average molecular weight is 445 g/mol. The number of fused-ring (bicyclic) bond motifs is 1. The molecule has 0 unspecified atom stereocenters. The van der Waals surface area contributed by atoms with Crippen molar-refractivity contribution in [2.45, 2.75) is 29.9 Å². The molecule has 0 fully saturated rings. The molecule has 0 aliphatic rings. The lowest BCUT2D eigenvalue weighted by atomic mass is 10.2. The van der Waals surface area contributed by atoms with Gasteiger partial charge in [0.15, 0.2) is 10.2 Å². The van der Waals surface area contributed by atoms with E-state index in [1.54, 1.807) is 29.2 Å². The van der Waals surface area contributed by atoms with Crippen LogP contribution in [0.3, 0.4) is 0 Å². The Hall–Kier alpha value is -2.42. The summed E-state index contributed by atoms with van der Waals surface area (Å²) in [5.41, 5.74) is 2.63. The lowest BCUT2D eigenvalue weighted by molar-refractivity contribution is -0.116. The van der Waals surface area contributed by atoms with E-state index in [1.165, 1.54) is 0 Å². The van der Waals surface area contributed by atoms with E-state index in [4.69, 9.17) is 16.1 Å². The minimum Gasteiger partial charge on any atom is -0.339 e. The third kappa shape index (κ3) is 5.14. The molecule has 29 heavy (non-hydrogen) atoms. The van der Waals surface area contributed by atoms with E-state index in [0.29, 0.717) is 34.6 Å². The van der Waals surface area contributed by atoms with E-state index in [0.717, 1.165) is 20.1 Å². The number of amides is 1. The monoisotopic (exact) mass is 444 g/mol. The van der Waals surface area contributed by atoms with Crippen molar-refractivity contribution in [2.75, 3.05) is 5.32 Å². The molecule has 0 saturated heterocycles. The van der Waals surface area contributed by atoms with Crippen molar-refractivity contribution in [3.8, 4) is 0 Å². The molecule has 0 aliphatic heterocycles. The first-order chi connectivity index (χ1) is 14.1. The van der Waals surface area contributed by atoms with Gasteiger partial charge in [0.2, 0.25) is 11.8 Å². The van der Waals surface area contributed by atoms with Crippen molar-refractivity contribution < 1.29 is 9.32 Å². The third-order valence-corrected chi connectivity index (χ3v) is 6.71. The van der Waals surface area contributed by atoms with Crippen LogP contribution in [0.5, 0.6) is 0 Å². The highest BCUT2D eigenvalue weighted by Gasteiger charge is 2.12. The number of nitrogens with one attached hydrogen (secondary N) is 1. The zero-order valence-electron chi connectivity index (χ0n) is 15.5. The van der Waals surface area contributed by atoms with Gasteiger partial charge in [-0.1, -0.05) is 46.7 Å². The molecule has 2 aromatic carbocycles. The summed E-state index contributed by atoms with van der Waals surface area (Å²) in [5.74, 6) is 1.47. The fraction of sp³-hybridized carbons (Fsp3) is 0.200. The van der Waals surface area contributed by atoms with Gasteiger partial charge in [0, 0.05) is 23.6 Å². The summed E-state index contributed by atoms with van der Waals surface area (Å²) < 4.78 is 7.38. The molecule has 1 amide bonds. The van der Waals surface area contributed by atoms with Crippen LogP contribution in [0.1, 0.15) is 23.7 Å². The Kier molecular flexibility index (Phi) is 6.13. The number of nitrogens with zero attached hydrogens (tertiary/aromatic N) is 3. The summed E-state index contributed by atoms with van der Waals surface area (Å²) in [6, 6.07) is 13.5. The largest absolute Gasteiger partial charge is 0.339 e. The molecule has 6 nitrogen and oxygen atoms in total. The molecule has 0 saturated carbocycles. The van der Waals surface area contributed by atoms with Crippen molar-refractivity contribution in [3.05, 3.63) is 64.8 Å². The number of carbonyl (C=O) groups excluding carboxylic acids is 1. The molecule has 4 aromatic rings. The Balaban J connectivity index is 1.27. The lowest BCUT2D eigenvalue weighted by Gasteiger charge is -2.06. The lowest BCUT2D eigenvalue weighted by Crippen LogP contribution is -2.12. The Labute approximate surface area is 180 Å². The van der Waals surface area contributed by atoms with Crippen LogP contribution in [0.2, 0.25) is 5.02 Å². The van der Waals surface area contributed by atoms with Crippen LogP contribution in [0.25, 0.3) is 10.2 Å². The maximum absolute atomic E-state index is 12.1. The number of aromatic nitrogens is 3. The molecular formula is C20H17ClN4O2S2. The number of anilines is 1. The van der Waals surface area contributed by atoms with Crippen molar-refractivity contribution in [1.29, 1.82) is 0 Å². The van der Waals surface area contributed by atoms with E-state index < -0.39 is 0 Å². The molecule has 0 atom stereocenters. The van der Waals surface area contributed by atoms with Crippen LogP contribution in [0.15, 0.2) is 51.3 Å². The number of thiazole rings is 1. The third-order valence-electron chi connectivity index (χ3n) is 4.13. The number of hydrogen-bond acceptors (Lipinski definition) is 7. The van der Waals surface area contributed by atoms with E-state index in [9.17, 15) is 4.79 Å². The SMILES string of the molecule is Cc1ccc(NC(=O)CCc2nc(CSc3nc4ccccc4s3)no2)cc1Cl. The predicted molar refractivity (Wildman–Crippen MR) is 117 cm³/mol. The van der Waals surface area contributed by atoms with Gasteiger partial charge in [-0.2, -0.15) is 4.98 Å². The Morgan fingerprint density at radius 1 is 1.24 bits per heavy atom. The molecule has 4 rings (SSSR count). The van der Waals surface area contributed by atoms with Gasteiger partial charge in [0.05, 0.1) is 16.0 Å². The van der Waals surface area contributed by atoms with Gasteiger partial charge < -0.3 is 9.84 Å². The maximum atomic E-state index is 12.1. The van der Waals surface area contributed by atoms with E-state index >= 15 is 0 Å². The highest BCUT2D eigenvalue weighted by Crippen LogP contribution is 2.30. The van der Waals surface area contributed by atoms with Crippen LogP contribution >= 0.6 is 34.7 Å². The van der Waals surface area contributed by atoms with Crippen molar-refractivity contribution in [3.63, 3.8) is 0 Å². The number of benzene rings is 2. The number of thioether (sulfide) groups is 1. The number of carbonyl (C=O) groups is 1. The zero-order valence-corrected chi connectivity index (χ0v) is 17.9. The molecule has 2 heterocycles. The van der Waals surface area contributed by atoms with Gasteiger partial charge >= 0.3 is 0 Å². The van der Waals surface area contributed by atoms with Crippen molar-refractivity contribution in [2.24, 2.45) is 0 Å². The fourth-order valence-electron chi connectivity index (χ4n) is 2.60. The van der Waals surface area contributed by atoms with E-state index in [1.807, 2.05) is 37.3 Å². The molecule has 2 aromatic heterocycles. The van der Waals surface area contributed by atoms with Gasteiger partial charge in [-0.15, -0.1) is 11.3 Å². The summed E-state index contributed by atoms with van der Waals surface area (Å²) in [5, 5.41) is 7.43. The molecular weight excluding hydrogens is 428 g/mol. The smallest absolute Gasteiger partial charge is 0.227 e. The summed E-state index contributed by atoms with van der Waals surface area (Å²) >= 11 is 9.30. The van der Waals surface area contributed by atoms with Gasteiger partial charge in [-0.05, 0) is 36.8 Å². The average Bonchev–Trinajstić information content (AvgIpc) is 3.34. The zero-order chi connectivity index (χ0) is 20.2. The molecule has 9 heteroatoms. The quantitative estimate of drug-likeness (QED) is 0.379. The minimum atomic E-state index is -0.131. The van der Waals surface area contributed by atoms with Gasteiger partial charge in [-0.25, -0.2) is 4.98 Å². The van der Waals surface area contributed by atoms with E-state index in [-0.39, 0.29) is 12.3 Å². The topological polar surface area (TPSA) is 80.9 Å². The molecule has 0 spiro atoms. The van der Waals surface area contributed by atoms with Gasteiger partial charge in [0.1, 0.15) is 0 Å². The summed E-state index contributed by atoms with van der Waals surface area (Å²) in [7, 11) is 0. The first-order valence-electron chi connectivity index (χ1n) is 8.92. The molecule has 148 valence electrons. The number of halogens is 1. The molecule has 0 aliphatic carbocycles. The van der Waals surface area contributed by atoms with Crippen molar-refractivity contribution in [1.82, 2.24) is 15.1 Å². The predicted octanol–water partition coefficient (Wildman–Crippen LogP) is 5.50. The Bertz CT molecular complexity index is 1130. The standard InChI is InChI=1S/C20H17ClN4O2S2/c1-12-6-7-13(10-14(12)21)22-18(26)8-9-19-24-17(25-27-19)11-28-20-23-15-4-2-3-5-16(15)29-20/h2-7,10H,8-9,11H2,1H3,(H,22,26). The fourth-order valence-corrected chi connectivity index (χ4v) is 4.70. The van der Waals surface area contributed by atoms with Gasteiger partial charge in [0.25, 0.3) is 0 Å². The van der Waals surface area contributed by atoms with Crippen molar-refractivity contribution >= 4 is 56.5 Å². The second kappa shape index (κ2) is 8.94. The molecule has 1 N–H and O–H groups in total. The molecule has 0 radical (unpaired) electrons. The summed E-state index contributed by atoms with van der Waals surface area (Å²) in [4.78, 5) is 21.1. The van der Waals surface area contributed by atoms with Crippen LogP contribution in [-0.4, -0.2) is 21.0 Å². The summed E-state index contributed by atoms with van der Waals surface area (Å²) in [6.07, 6.45) is 0.627. The van der Waals surface area contributed by atoms with Crippen LogP contribution < -0.4 is 5.32 Å².